The van der Waals surface area contributed by atoms with Gasteiger partial charge in [-0.1, -0.05) is 30.3 Å². The van der Waals surface area contributed by atoms with Crippen LogP contribution < -0.4 is 4.74 Å². The largest absolute Gasteiger partial charge is 0.496 e. The Kier molecular flexibility index (Phi) is 5.54. The van der Waals surface area contributed by atoms with Crippen molar-refractivity contribution in [3.05, 3.63) is 53.6 Å². The van der Waals surface area contributed by atoms with E-state index in [1.54, 1.807) is 17.0 Å². The summed E-state index contributed by atoms with van der Waals surface area (Å²) in [6, 6.07) is 13.1. The highest BCUT2D eigenvalue weighted by molar-refractivity contribution is 6.11. The van der Waals surface area contributed by atoms with Gasteiger partial charge in [-0.2, -0.15) is 4.99 Å². The third-order valence-corrected chi connectivity index (χ3v) is 4.64. The van der Waals surface area contributed by atoms with E-state index in [1.165, 1.54) is 7.11 Å². The van der Waals surface area contributed by atoms with Crippen molar-refractivity contribution in [2.24, 2.45) is 4.99 Å². The van der Waals surface area contributed by atoms with Gasteiger partial charge >= 0.3 is 12.0 Å². The molecule has 27 heavy (non-hydrogen) atoms. The second-order valence-electron chi connectivity index (χ2n) is 6.33. The number of carbonyl (C=O) groups is 2. The summed E-state index contributed by atoms with van der Waals surface area (Å²) < 4.78 is 5.12. The fourth-order valence-corrected chi connectivity index (χ4v) is 3.22. The van der Waals surface area contributed by atoms with Gasteiger partial charge in [0.2, 0.25) is 0 Å². The number of hydrogen-bond donors (Lipinski definition) is 1. The number of carbonyl (C=O) groups excluding carboxylic acids is 1. The number of aryl methyl sites for hydroxylation is 1. The SMILES string of the molecule is CCN1C(=O)N=C1CCCc1cccc(-c2ccc(OC)c(C(=O)O)c2)c1. The molecule has 0 fully saturated rings. The van der Waals surface area contributed by atoms with Gasteiger partial charge in [0.05, 0.1) is 7.11 Å². The minimum absolute atomic E-state index is 0.146. The molecule has 3 rings (SSSR count). The summed E-state index contributed by atoms with van der Waals surface area (Å²) in [6.45, 7) is 2.60. The average Bonchev–Trinajstić information content (AvgIpc) is 2.67. The molecule has 0 spiro atoms. The van der Waals surface area contributed by atoms with Crippen LogP contribution in [0.5, 0.6) is 5.75 Å². The van der Waals surface area contributed by atoms with Gasteiger partial charge in [0, 0.05) is 13.0 Å². The van der Waals surface area contributed by atoms with Gasteiger partial charge in [0.1, 0.15) is 17.1 Å². The van der Waals surface area contributed by atoms with Crippen LogP contribution in [0.15, 0.2) is 47.5 Å². The van der Waals surface area contributed by atoms with E-state index in [0.717, 1.165) is 41.8 Å². The van der Waals surface area contributed by atoms with E-state index in [0.29, 0.717) is 12.3 Å². The number of carboxylic acids is 1. The van der Waals surface area contributed by atoms with Gasteiger partial charge in [0.25, 0.3) is 0 Å². The molecule has 2 amide bonds. The number of benzene rings is 2. The Morgan fingerprint density at radius 3 is 2.59 bits per heavy atom. The summed E-state index contributed by atoms with van der Waals surface area (Å²) in [5.74, 6) is 0.194. The first kappa shape index (κ1) is 18.6. The Morgan fingerprint density at radius 2 is 1.93 bits per heavy atom. The van der Waals surface area contributed by atoms with E-state index in [4.69, 9.17) is 4.74 Å². The first-order valence-corrected chi connectivity index (χ1v) is 8.93. The molecule has 1 N–H and O–H groups in total. The van der Waals surface area contributed by atoms with Crippen LogP contribution in [-0.4, -0.2) is 41.5 Å². The van der Waals surface area contributed by atoms with Crippen LogP contribution in [0.2, 0.25) is 0 Å². The van der Waals surface area contributed by atoms with Crippen LogP contribution in [0, 0.1) is 0 Å². The molecule has 0 atom stereocenters. The normalized spacial score (nSPS) is 13.2. The number of nitrogens with zero attached hydrogens (tertiary/aromatic N) is 2. The predicted octanol–water partition coefficient (Wildman–Crippen LogP) is 4.24. The molecule has 140 valence electrons. The van der Waals surface area contributed by atoms with Gasteiger partial charge in [-0.15, -0.1) is 0 Å². The van der Waals surface area contributed by atoms with Crippen molar-refractivity contribution in [3.8, 4) is 16.9 Å². The lowest BCUT2D eigenvalue weighted by molar-refractivity contribution is 0.0693. The van der Waals surface area contributed by atoms with Crippen LogP contribution in [0.3, 0.4) is 0 Å². The zero-order valence-corrected chi connectivity index (χ0v) is 15.4. The first-order valence-electron chi connectivity index (χ1n) is 8.93. The van der Waals surface area contributed by atoms with Crippen molar-refractivity contribution in [2.75, 3.05) is 13.7 Å². The Labute approximate surface area is 158 Å². The maximum Gasteiger partial charge on any atom is 0.350 e. The number of methoxy groups -OCH3 is 1. The van der Waals surface area contributed by atoms with Crippen LogP contribution in [0.4, 0.5) is 4.79 Å². The fraction of sp³-hybridized carbons (Fsp3) is 0.286. The maximum atomic E-state index is 11.4. The highest BCUT2D eigenvalue weighted by atomic mass is 16.5. The van der Waals surface area contributed by atoms with Crippen molar-refractivity contribution < 1.29 is 19.4 Å². The lowest BCUT2D eigenvalue weighted by Gasteiger charge is -2.27. The van der Waals surface area contributed by atoms with Gasteiger partial charge in [-0.05, 0) is 48.6 Å². The van der Waals surface area contributed by atoms with E-state index < -0.39 is 5.97 Å². The third kappa shape index (κ3) is 4.00. The molecule has 0 radical (unpaired) electrons. The number of carboxylic acid groups (broad SMARTS) is 1. The molecule has 0 saturated carbocycles. The average molecular weight is 366 g/mol. The van der Waals surface area contributed by atoms with E-state index in [1.807, 2.05) is 25.1 Å². The number of hydrogen-bond acceptors (Lipinski definition) is 3. The van der Waals surface area contributed by atoms with Gasteiger partial charge in [0.15, 0.2) is 0 Å². The van der Waals surface area contributed by atoms with Gasteiger partial charge in [-0.25, -0.2) is 9.59 Å². The van der Waals surface area contributed by atoms with Crippen molar-refractivity contribution in [1.29, 1.82) is 0 Å². The highest BCUT2D eigenvalue weighted by Gasteiger charge is 2.26. The number of ether oxygens (including phenoxy) is 1. The summed E-state index contributed by atoms with van der Waals surface area (Å²) in [6.07, 6.45) is 2.53. The van der Waals surface area contributed by atoms with Crippen LogP contribution in [-0.2, 0) is 6.42 Å². The standard InChI is InChI=1S/C21H22N2O4/c1-3-23-19(22-21(23)26)9-5-7-14-6-4-8-15(12-14)16-10-11-18(27-2)17(13-16)20(24)25/h4,6,8,10-13H,3,5,7,9H2,1-2H3,(H,24,25). The molecule has 2 aromatic carbocycles. The molecule has 0 saturated heterocycles. The Bertz CT molecular complexity index is 905. The monoisotopic (exact) mass is 366 g/mol. The highest BCUT2D eigenvalue weighted by Crippen LogP contribution is 2.27. The van der Waals surface area contributed by atoms with E-state index in [-0.39, 0.29) is 11.6 Å². The van der Waals surface area contributed by atoms with Crippen molar-refractivity contribution in [3.63, 3.8) is 0 Å². The first-order chi connectivity index (χ1) is 13.0. The zero-order chi connectivity index (χ0) is 19.4. The Balaban J connectivity index is 1.71. The molecule has 0 bridgehead atoms. The van der Waals surface area contributed by atoms with Crippen molar-refractivity contribution in [2.45, 2.75) is 26.2 Å². The molecule has 1 aliphatic heterocycles. The lowest BCUT2D eigenvalue weighted by Crippen LogP contribution is -2.43. The molecule has 0 aliphatic carbocycles. The maximum absolute atomic E-state index is 11.4. The Hall–Kier alpha value is -3.15. The van der Waals surface area contributed by atoms with Crippen molar-refractivity contribution in [1.82, 2.24) is 4.90 Å². The molecule has 1 heterocycles. The lowest BCUT2D eigenvalue weighted by atomic mass is 9.98. The second kappa shape index (κ2) is 8.03. The van der Waals surface area contributed by atoms with E-state index in [2.05, 4.69) is 17.1 Å². The predicted molar refractivity (Wildman–Crippen MR) is 104 cm³/mol. The van der Waals surface area contributed by atoms with E-state index in [9.17, 15) is 14.7 Å². The zero-order valence-electron chi connectivity index (χ0n) is 15.4. The summed E-state index contributed by atoms with van der Waals surface area (Å²) in [7, 11) is 1.46. The smallest absolute Gasteiger partial charge is 0.350 e. The second-order valence-corrected chi connectivity index (χ2v) is 6.33. The number of rotatable bonds is 8. The number of aromatic carboxylic acids is 1. The summed E-state index contributed by atoms with van der Waals surface area (Å²) in [4.78, 5) is 28.4. The van der Waals surface area contributed by atoms with Crippen molar-refractivity contribution >= 4 is 17.8 Å². The summed E-state index contributed by atoms with van der Waals surface area (Å²) >= 11 is 0. The molecular weight excluding hydrogens is 344 g/mol. The quantitative estimate of drug-likeness (QED) is 0.758. The fourth-order valence-electron chi connectivity index (χ4n) is 3.22. The summed E-state index contributed by atoms with van der Waals surface area (Å²) in [5, 5.41) is 9.36. The molecule has 1 aliphatic rings. The van der Waals surface area contributed by atoms with Crippen LogP contribution >= 0.6 is 0 Å². The molecule has 2 aromatic rings. The molecule has 0 aromatic heterocycles. The van der Waals surface area contributed by atoms with E-state index >= 15 is 0 Å². The number of amidine groups is 1. The van der Waals surface area contributed by atoms with Gasteiger partial charge in [-0.3, -0.25) is 4.90 Å². The minimum Gasteiger partial charge on any atom is -0.496 e. The molecule has 0 unspecified atom stereocenters. The molecule has 6 nitrogen and oxygen atoms in total. The van der Waals surface area contributed by atoms with Crippen LogP contribution in [0.1, 0.15) is 35.7 Å². The number of urea groups is 1. The minimum atomic E-state index is -1.01. The molecular formula is C21H22N2O4. The number of aliphatic imine (C=N–C) groups is 1. The van der Waals surface area contributed by atoms with Gasteiger partial charge < -0.3 is 9.84 Å². The Morgan fingerprint density at radius 1 is 1.15 bits per heavy atom. The third-order valence-electron chi connectivity index (χ3n) is 4.64. The van der Waals surface area contributed by atoms with Crippen LogP contribution in [0.25, 0.3) is 11.1 Å². The molecule has 6 heteroatoms. The number of amides is 2. The summed E-state index contributed by atoms with van der Waals surface area (Å²) in [5.41, 5.74) is 3.10. The topological polar surface area (TPSA) is 79.2 Å².